The van der Waals surface area contributed by atoms with Gasteiger partial charge in [0, 0.05) is 30.5 Å². The van der Waals surface area contributed by atoms with Crippen LogP contribution in [0.3, 0.4) is 0 Å². The lowest BCUT2D eigenvalue weighted by Gasteiger charge is -2.39. The zero-order chi connectivity index (χ0) is 15.7. The molecule has 2 aliphatic rings. The van der Waals surface area contributed by atoms with Crippen molar-refractivity contribution in [2.75, 3.05) is 19.7 Å². The highest BCUT2D eigenvalue weighted by Crippen LogP contribution is 2.46. The minimum Gasteiger partial charge on any atom is -0.449 e. The van der Waals surface area contributed by atoms with Gasteiger partial charge in [-0.05, 0) is 24.3 Å². The molecule has 1 amide bonds. The van der Waals surface area contributed by atoms with Gasteiger partial charge >= 0.3 is 6.09 Å². The van der Waals surface area contributed by atoms with Crippen molar-refractivity contribution in [3.8, 4) is 0 Å². The fourth-order valence-corrected chi connectivity index (χ4v) is 3.58. The molecule has 0 unspecified atom stereocenters. The second-order valence-corrected chi connectivity index (χ2v) is 6.88. The fraction of sp³-hybridized carbons (Fsp3) is 0.556. The number of hydrogen-bond acceptors (Lipinski definition) is 3. The smallest absolute Gasteiger partial charge is 0.409 e. The van der Waals surface area contributed by atoms with Gasteiger partial charge in [0.1, 0.15) is 0 Å². The van der Waals surface area contributed by atoms with Crippen LogP contribution >= 0.6 is 0 Å². The van der Waals surface area contributed by atoms with Gasteiger partial charge in [-0.25, -0.2) is 4.79 Å². The van der Waals surface area contributed by atoms with E-state index in [4.69, 9.17) is 4.74 Å². The van der Waals surface area contributed by atoms with E-state index >= 15 is 0 Å². The van der Waals surface area contributed by atoms with Crippen LogP contribution in [-0.2, 0) is 10.2 Å². The summed E-state index contributed by atoms with van der Waals surface area (Å²) < 4.78 is 5.30. The summed E-state index contributed by atoms with van der Waals surface area (Å²) in [5.74, 6) is 0.589. The van der Waals surface area contributed by atoms with Crippen molar-refractivity contribution in [1.82, 2.24) is 4.90 Å². The summed E-state index contributed by atoms with van der Waals surface area (Å²) in [5, 5.41) is 0. The maximum absolute atomic E-state index is 12.2. The predicted molar refractivity (Wildman–Crippen MR) is 84.1 cm³/mol. The molecule has 1 aliphatic heterocycles. The average Bonchev–Trinajstić information content (AvgIpc) is 2.79. The van der Waals surface area contributed by atoms with E-state index in [2.05, 4.69) is 6.07 Å². The third kappa shape index (κ3) is 2.62. The van der Waals surface area contributed by atoms with Gasteiger partial charge in [0.15, 0.2) is 5.78 Å². The fourth-order valence-electron chi connectivity index (χ4n) is 3.58. The van der Waals surface area contributed by atoms with Gasteiger partial charge in [0.25, 0.3) is 0 Å². The van der Waals surface area contributed by atoms with E-state index in [9.17, 15) is 9.59 Å². The highest BCUT2D eigenvalue weighted by molar-refractivity contribution is 6.02. The molecule has 3 rings (SSSR count). The summed E-state index contributed by atoms with van der Waals surface area (Å²) in [5.41, 5.74) is 1.98. The quantitative estimate of drug-likeness (QED) is 0.841. The first kappa shape index (κ1) is 15.1. The molecule has 1 aliphatic carbocycles. The Kier molecular flexibility index (Phi) is 3.94. The maximum atomic E-state index is 12.2. The number of amides is 1. The normalized spacial score (nSPS) is 19.6. The number of hydrogen-bond donors (Lipinski definition) is 0. The van der Waals surface area contributed by atoms with E-state index in [1.807, 2.05) is 32.0 Å². The molecule has 1 fully saturated rings. The predicted octanol–water partition coefficient (Wildman–Crippen LogP) is 3.40. The van der Waals surface area contributed by atoms with Crippen molar-refractivity contribution in [1.29, 1.82) is 0 Å². The SMILES string of the molecule is CC(C)COC(=O)N1CCC2(CC1)CC(=O)c1ccccc12. The lowest BCUT2D eigenvalue weighted by Crippen LogP contribution is -2.44. The summed E-state index contributed by atoms with van der Waals surface area (Å²) in [6, 6.07) is 7.93. The number of rotatable bonds is 2. The topological polar surface area (TPSA) is 46.6 Å². The van der Waals surface area contributed by atoms with Gasteiger partial charge in [-0.15, -0.1) is 0 Å². The summed E-state index contributed by atoms with van der Waals surface area (Å²) in [6.45, 7) is 5.85. The molecule has 0 atom stereocenters. The van der Waals surface area contributed by atoms with Crippen molar-refractivity contribution in [2.24, 2.45) is 5.92 Å². The van der Waals surface area contributed by atoms with E-state index in [0.29, 0.717) is 32.0 Å². The monoisotopic (exact) mass is 301 g/mol. The number of piperidine rings is 1. The molecule has 4 heteroatoms. The number of likely N-dealkylation sites (tertiary alicyclic amines) is 1. The molecule has 0 aromatic heterocycles. The van der Waals surface area contributed by atoms with Crippen LogP contribution in [0.15, 0.2) is 24.3 Å². The molecule has 1 saturated heterocycles. The Morgan fingerprint density at radius 1 is 1.27 bits per heavy atom. The standard InChI is InChI=1S/C18H23NO3/c1-13(2)12-22-17(21)19-9-7-18(8-10-19)11-16(20)14-5-3-4-6-15(14)18/h3-6,13H,7-12H2,1-2H3. The largest absolute Gasteiger partial charge is 0.449 e. The van der Waals surface area contributed by atoms with Crippen LogP contribution in [-0.4, -0.2) is 36.5 Å². The number of ether oxygens (including phenoxy) is 1. The lowest BCUT2D eigenvalue weighted by atomic mass is 9.74. The van der Waals surface area contributed by atoms with Gasteiger partial charge in [0.05, 0.1) is 6.61 Å². The Morgan fingerprint density at radius 3 is 2.64 bits per heavy atom. The second-order valence-electron chi connectivity index (χ2n) is 6.88. The molecule has 1 heterocycles. The third-order valence-electron chi connectivity index (χ3n) is 4.82. The molecule has 1 spiro atoms. The molecule has 1 aromatic rings. The van der Waals surface area contributed by atoms with Crippen molar-refractivity contribution in [3.63, 3.8) is 0 Å². The Bertz CT molecular complexity index is 586. The number of Topliss-reactive ketones (excluding diaryl/α,β-unsaturated/α-hetero) is 1. The molecule has 0 saturated carbocycles. The van der Waals surface area contributed by atoms with E-state index in [-0.39, 0.29) is 17.3 Å². The first-order valence-corrected chi connectivity index (χ1v) is 8.06. The summed E-state index contributed by atoms with van der Waals surface area (Å²) in [7, 11) is 0. The van der Waals surface area contributed by atoms with Crippen LogP contribution in [0.5, 0.6) is 0 Å². The number of carbonyl (C=O) groups is 2. The number of ketones is 1. The van der Waals surface area contributed by atoms with E-state index in [1.54, 1.807) is 4.90 Å². The van der Waals surface area contributed by atoms with E-state index in [0.717, 1.165) is 18.4 Å². The highest BCUT2D eigenvalue weighted by atomic mass is 16.6. The van der Waals surface area contributed by atoms with Crippen LogP contribution in [0.4, 0.5) is 4.79 Å². The lowest BCUT2D eigenvalue weighted by molar-refractivity contribution is 0.0726. The van der Waals surface area contributed by atoms with Crippen LogP contribution in [0.1, 0.15) is 49.0 Å². The summed E-state index contributed by atoms with van der Waals surface area (Å²) in [6.07, 6.45) is 2.04. The third-order valence-corrected chi connectivity index (χ3v) is 4.82. The van der Waals surface area contributed by atoms with Crippen molar-refractivity contribution in [3.05, 3.63) is 35.4 Å². The molecule has 0 radical (unpaired) electrons. The first-order chi connectivity index (χ1) is 10.5. The van der Waals surface area contributed by atoms with Gasteiger partial charge in [-0.2, -0.15) is 0 Å². The number of nitrogens with zero attached hydrogens (tertiary/aromatic N) is 1. The Morgan fingerprint density at radius 2 is 1.95 bits per heavy atom. The zero-order valence-corrected chi connectivity index (χ0v) is 13.3. The highest BCUT2D eigenvalue weighted by Gasteiger charge is 2.45. The molecular weight excluding hydrogens is 278 g/mol. The molecule has 118 valence electrons. The minimum absolute atomic E-state index is 0.0670. The van der Waals surface area contributed by atoms with Gasteiger partial charge in [0.2, 0.25) is 0 Å². The van der Waals surface area contributed by atoms with E-state index < -0.39 is 0 Å². The molecule has 4 nitrogen and oxygen atoms in total. The number of carbonyl (C=O) groups excluding carboxylic acids is 2. The minimum atomic E-state index is -0.221. The van der Waals surface area contributed by atoms with E-state index in [1.165, 1.54) is 5.56 Å². The van der Waals surface area contributed by atoms with Crippen molar-refractivity contribution < 1.29 is 14.3 Å². The number of benzene rings is 1. The molecule has 1 aromatic carbocycles. The second kappa shape index (κ2) is 5.75. The Hall–Kier alpha value is -1.84. The summed E-state index contributed by atoms with van der Waals surface area (Å²) >= 11 is 0. The van der Waals surface area contributed by atoms with Gasteiger partial charge < -0.3 is 9.64 Å². The van der Waals surface area contributed by atoms with Gasteiger partial charge in [-0.1, -0.05) is 38.1 Å². The summed E-state index contributed by atoms with van der Waals surface area (Å²) in [4.78, 5) is 26.1. The molecule has 0 N–H and O–H groups in total. The Balaban J connectivity index is 1.67. The van der Waals surface area contributed by atoms with Crippen molar-refractivity contribution in [2.45, 2.75) is 38.5 Å². The van der Waals surface area contributed by atoms with Crippen LogP contribution in [0.2, 0.25) is 0 Å². The van der Waals surface area contributed by atoms with Gasteiger partial charge in [-0.3, -0.25) is 4.79 Å². The number of fused-ring (bicyclic) bond motifs is 2. The molecule has 22 heavy (non-hydrogen) atoms. The molecular formula is C18H23NO3. The van der Waals surface area contributed by atoms with Crippen LogP contribution < -0.4 is 0 Å². The van der Waals surface area contributed by atoms with Crippen LogP contribution in [0.25, 0.3) is 0 Å². The zero-order valence-electron chi connectivity index (χ0n) is 13.3. The van der Waals surface area contributed by atoms with Crippen LogP contribution in [0, 0.1) is 5.92 Å². The maximum Gasteiger partial charge on any atom is 0.409 e. The Labute approximate surface area is 131 Å². The molecule has 0 bridgehead atoms. The first-order valence-electron chi connectivity index (χ1n) is 8.06. The average molecular weight is 301 g/mol. The van der Waals surface area contributed by atoms with Crippen molar-refractivity contribution >= 4 is 11.9 Å².